The summed E-state index contributed by atoms with van der Waals surface area (Å²) in [6, 6.07) is 3.99. The smallest absolute Gasteiger partial charge is 0.246 e. The first kappa shape index (κ1) is 16.7. The molecular weight excluding hydrogens is 340 g/mol. The van der Waals surface area contributed by atoms with E-state index >= 15 is 0 Å². The van der Waals surface area contributed by atoms with Gasteiger partial charge in [0.2, 0.25) is 12.7 Å². The highest BCUT2D eigenvalue weighted by Crippen LogP contribution is 2.40. The molecule has 134 valence electrons. The lowest BCUT2D eigenvalue weighted by Crippen LogP contribution is -2.41. The van der Waals surface area contributed by atoms with E-state index in [0.717, 1.165) is 31.5 Å². The second-order valence-electron chi connectivity index (χ2n) is 6.91. The second-order valence-corrected chi connectivity index (χ2v) is 7.31. The molecule has 3 aliphatic heterocycles. The minimum atomic E-state index is 0.0792. The van der Waals surface area contributed by atoms with E-state index in [2.05, 4.69) is 4.90 Å². The molecule has 1 amide bonds. The summed E-state index contributed by atoms with van der Waals surface area (Å²) in [6.45, 7) is 4.39. The highest BCUT2D eigenvalue weighted by Gasteiger charge is 2.29. The molecule has 1 atom stereocenters. The van der Waals surface area contributed by atoms with E-state index in [1.807, 2.05) is 11.0 Å². The van der Waals surface area contributed by atoms with E-state index in [4.69, 9.17) is 21.1 Å². The molecule has 3 heterocycles. The van der Waals surface area contributed by atoms with Gasteiger partial charge in [0.1, 0.15) is 0 Å². The van der Waals surface area contributed by atoms with Crippen molar-refractivity contribution in [1.82, 2.24) is 9.80 Å². The van der Waals surface area contributed by atoms with Crippen LogP contribution in [-0.4, -0.2) is 54.7 Å². The Kier molecular flexibility index (Phi) is 4.86. The molecule has 0 saturated carbocycles. The van der Waals surface area contributed by atoms with Crippen LogP contribution in [0.5, 0.6) is 11.5 Å². The zero-order valence-corrected chi connectivity index (χ0v) is 15.0. The summed E-state index contributed by atoms with van der Waals surface area (Å²) in [4.78, 5) is 17.2. The highest BCUT2D eigenvalue weighted by molar-refractivity contribution is 6.32. The first-order chi connectivity index (χ1) is 12.2. The number of likely N-dealkylation sites (tertiary alicyclic amines) is 2. The first-order valence-electron chi connectivity index (χ1n) is 9.01. The predicted octanol–water partition coefficient (Wildman–Crippen LogP) is 3.17. The summed E-state index contributed by atoms with van der Waals surface area (Å²) in [7, 11) is 0. The van der Waals surface area contributed by atoms with Gasteiger partial charge >= 0.3 is 0 Å². The Morgan fingerprint density at radius 3 is 2.88 bits per heavy atom. The van der Waals surface area contributed by atoms with Gasteiger partial charge in [0.25, 0.3) is 0 Å². The molecule has 0 aliphatic carbocycles. The van der Waals surface area contributed by atoms with Gasteiger partial charge in [0.15, 0.2) is 11.5 Å². The van der Waals surface area contributed by atoms with Crippen molar-refractivity contribution in [2.45, 2.75) is 31.7 Å². The van der Waals surface area contributed by atoms with Crippen LogP contribution in [0.25, 0.3) is 6.08 Å². The van der Waals surface area contributed by atoms with Crippen LogP contribution in [0.1, 0.15) is 31.2 Å². The average Bonchev–Trinajstić information content (AvgIpc) is 3.34. The van der Waals surface area contributed by atoms with Crippen molar-refractivity contribution in [2.75, 3.05) is 33.0 Å². The number of benzene rings is 1. The maximum absolute atomic E-state index is 12.7. The van der Waals surface area contributed by atoms with Crippen molar-refractivity contribution >= 4 is 23.6 Å². The van der Waals surface area contributed by atoms with Crippen LogP contribution in [-0.2, 0) is 4.79 Å². The molecule has 1 aromatic carbocycles. The number of hydrogen-bond acceptors (Lipinski definition) is 4. The van der Waals surface area contributed by atoms with Gasteiger partial charge in [-0.15, -0.1) is 0 Å². The van der Waals surface area contributed by atoms with Crippen LogP contribution >= 0.6 is 11.6 Å². The average molecular weight is 363 g/mol. The quantitative estimate of drug-likeness (QED) is 0.771. The summed E-state index contributed by atoms with van der Waals surface area (Å²) in [5.74, 6) is 1.29. The molecule has 0 radical (unpaired) electrons. The number of rotatable bonds is 4. The van der Waals surface area contributed by atoms with Gasteiger partial charge < -0.3 is 19.3 Å². The predicted molar refractivity (Wildman–Crippen MR) is 97.0 cm³/mol. The Morgan fingerprint density at radius 1 is 1.20 bits per heavy atom. The van der Waals surface area contributed by atoms with Crippen molar-refractivity contribution in [3.63, 3.8) is 0 Å². The molecule has 1 unspecified atom stereocenters. The molecule has 0 N–H and O–H groups in total. The van der Waals surface area contributed by atoms with Crippen LogP contribution < -0.4 is 9.47 Å². The monoisotopic (exact) mass is 362 g/mol. The molecular formula is C19H23ClN2O3. The molecule has 5 nitrogen and oxygen atoms in total. The summed E-state index contributed by atoms with van der Waals surface area (Å²) >= 11 is 6.20. The van der Waals surface area contributed by atoms with Crippen LogP contribution in [0.2, 0.25) is 5.02 Å². The molecule has 0 aromatic heterocycles. The van der Waals surface area contributed by atoms with E-state index in [9.17, 15) is 4.79 Å². The van der Waals surface area contributed by atoms with Crippen LogP contribution in [0, 0.1) is 0 Å². The molecule has 2 fully saturated rings. The number of fused-ring (bicyclic) bond motifs is 1. The van der Waals surface area contributed by atoms with Crippen LogP contribution in [0.4, 0.5) is 0 Å². The molecule has 0 spiro atoms. The standard InChI is InChI=1S/C19H23ClN2O3/c20-16-10-14(11-17-19(16)25-13-24-17)5-6-18(23)22-9-3-4-15(22)12-21-7-1-2-8-21/h5-6,10-11,15H,1-4,7-9,12-13H2/b6-5+. The molecule has 0 bridgehead atoms. The number of carbonyl (C=O) groups excluding carboxylic acids is 1. The molecule has 25 heavy (non-hydrogen) atoms. The van der Waals surface area contributed by atoms with E-state index in [1.165, 1.54) is 25.9 Å². The van der Waals surface area contributed by atoms with Crippen LogP contribution in [0.15, 0.2) is 18.2 Å². The van der Waals surface area contributed by atoms with E-state index in [-0.39, 0.29) is 12.7 Å². The van der Waals surface area contributed by atoms with Crippen molar-refractivity contribution in [3.8, 4) is 11.5 Å². The Balaban J connectivity index is 1.42. The fourth-order valence-corrected chi connectivity index (χ4v) is 4.20. The lowest BCUT2D eigenvalue weighted by Gasteiger charge is -2.27. The van der Waals surface area contributed by atoms with Crippen LogP contribution in [0.3, 0.4) is 0 Å². The number of nitrogens with zero attached hydrogens (tertiary/aromatic N) is 2. The van der Waals surface area contributed by atoms with Crippen molar-refractivity contribution in [3.05, 3.63) is 28.8 Å². The van der Waals surface area contributed by atoms with E-state index < -0.39 is 0 Å². The number of hydrogen-bond donors (Lipinski definition) is 0. The maximum atomic E-state index is 12.7. The topological polar surface area (TPSA) is 42.0 Å². The van der Waals surface area contributed by atoms with Gasteiger partial charge in [-0.1, -0.05) is 11.6 Å². The van der Waals surface area contributed by atoms with Gasteiger partial charge in [-0.25, -0.2) is 0 Å². The minimum Gasteiger partial charge on any atom is -0.454 e. The number of halogens is 1. The number of amides is 1. The van der Waals surface area contributed by atoms with Gasteiger partial charge in [0, 0.05) is 25.2 Å². The third-order valence-electron chi connectivity index (χ3n) is 5.20. The fourth-order valence-electron chi connectivity index (χ4n) is 3.93. The van der Waals surface area contributed by atoms with Crippen molar-refractivity contribution in [1.29, 1.82) is 0 Å². The lowest BCUT2D eigenvalue weighted by atomic mass is 10.1. The zero-order chi connectivity index (χ0) is 17.2. The number of ether oxygens (including phenoxy) is 2. The van der Waals surface area contributed by atoms with Gasteiger partial charge in [-0.05, 0) is 62.5 Å². The minimum absolute atomic E-state index is 0.0792. The summed E-state index contributed by atoms with van der Waals surface area (Å²) in [5, 5.41) is 0.509. The Hall–Kier alpha value is -1.72. The van der Waals surface area contributed by atoms with Crippen molar-refractivity contribution < 1.29 is 14.3 Å². The second kappa shape index (κ2) is 7.26. The molecule has 2 saturated heterocycles. The van der Waals surface area contributed by atoms with Crippen molar-refractivity contribution in [2.24, 2.45) is 0 Å². The third-order valence-corrected chi connectivity index (χ3v) is 5.48. The largest absolute Gasteiger partial charge is 0.454 e. The van der Waals surface area contributed by atoms with E-state index in [0.29, 0.717) is 22.6 Å². The Morgan fingerprint density at radius 2 is 2.04 bits per heavy atom. The normalized spacial score (nSPS) is 23.1. The molecule has 3 aliphatic rings. The summed E-state index contributed by atoms with van der Waals surface area (Å²) in [5.41, 5.74) is 0.845. The van der Waals surface area contributed by atoms with Gasteiger partial charge in [-0.2, -0.15) is 0 Å². The number of carbonyl (C=O) groups is 1. The van der Waals surface area contributed by atoms with Gasteiger partial charge in [-0.3, -0.25) is 4.79 Å². The third kappa shape index (κ3) is 3.62. The Bertz CT molecular complexity index is 685. The lowest BCUT2D eigenvalue weighted by molar-refractivity contribution is -0.127. The molecule has 4 rings (SSSR count). The zero-order valence-electron chi connectivity index (χ0n) is 14.2. The maximum Gasteiger partial charge on any atom is 0.246 e. The molecule has 1 aromatic rings. The van der Waals surface area contributed by atoms with Gasteiger partial charge in [0.05, 0.1) is 5.02 Å². The summed E-state index contributed by atoms with van der Waals surface area (Å²) in [6.07, 6.45) is 8.22. The highest BCUT2D eigenvalue weighted by atomic mass is 35.5. The molecule has 6 heteroatoms. The Labute approximate surface area is 153 Å². The fraction of sp³-hybridized carbons (Fsp3) is 0.526. The SMILES string of the molecule is O=C(/C=C/c1cc(Cl)c2c(c1)OCO2)N1CCCC1CN1CCCC1. The van der Waals surface area contributed by atoms with E-state index in [1.54, 1.807) is 18.2 Å². The summed E-state index contributed by atoms with van der Waals surface area (Å²) < 4.78 is 10.7. The first-order valence-corrected chi connectivity index (χ1v) is 9.39.